The Morgan fingerprint density at radius 2 is 1.85 bits per heavy atom. The Morgan fingerprint density at radius 1 is 1.10 bits per heavy atom. The SMILES string of the molecule is CCCCCCCCCn1ccc(CNCCOC)c1. The third-order valence-corrected chi connectivity index (χ3v) is 3.64. The van der Waals surface area contributed by atoms with Gasteiger partial charge in [-0.2, -0.15) is 0 Å². The predicted octanol–water partition coefficient (Wildman–Crippen LogP) is 3.97. The molecule has 0 saturated carbocycles. The summed E-state index contributed by atoms with van der Waals surface area (Å²) in [6, 6.07) is 2.21. The fraction of sp³-hybridized carbons (Fsp3) is 0.765. The zero-order chi connectivity index (χ0) is 14.5. The van der Waals surface area contributed by atoms with Gasteiger partial charge in [0.1, 0.15) is 0 Å². The van der Waals surface area contributed by atoms with E-state index in [2.05, 4.69) is 35.3 Å². The highest BCUT2D eigenvalue weighted by atomic mass is 16.5. The van der Waals surface area contributed by atoms with Gasteiger partial charge in [-0.1, -0.05) is 45.4 Å². The topological polar surface area (TPSA) is 26.2 Å². The van der Waals surface area contributed by atoms with E-state index in [0.717, 1.165) is 26.2 Å². The Morgan fingerprint density at radius 3 is 2.60 bits per heavy atom. The maximum absolute atomic E-state index is 5.02. The molecule has 0 atom stereocenters. The lowest BCUT2D eigenvalue weighted by Crippen LogP contribution is -2.18. The number of rotatable bonds is 13. The van der Waals surface area contributed by atoms with Gasteiger partial charge in [-0.3, -0.25) is 0 Å². The van der Waals surface area contributed by atoms with Gasteiger partial charge in [0.05, 0.1) is 6.61 Å². The summed E-state index contributed by atoms with van der Waals surface area (Å²) in [6.45, 7) is 6.06. The summed E-state index contributed by atoms with van der Waals surface area (Å²) in [4.78, 5) is 0. The van der Waals surface area contributed by atoms with E-state index < -0.39 is 0 Å². The molecule has 116 valence electrons. The lowest BCUT2D eigenvalue weighted by molar-refractivity contribution is 0.199. The number of aryl methyl sites for hydroxylation is 1. The summed E-state index contributed by atoms with van der Waals surface area (Å²) in [5, 5.41) is 3.37. The minimum atomic E-state index is 0.777. The van der Waals surface area contributed by atoms with Crippen molar-refractivity contribution in [2.75, 3.05) is 20.3 Å². The van der Waals surface area contributed by atoms with E-state index in [1.165, 1.54) is 50.5 Å². The number of hydrogen-bond acceptors (Lipinski definition) is 2. The maximum atomic E-state index is 5.02. The molecule has 0 spiro atoms. The smallest absolute Gasteiger partial charge is 0.0587 e. The molecule has 20 heavy (non-hydrogen) atoms. The van der Waals surface area contributed by atoms with Crippen LogP contribution in [0.4, 0.5) is 0 Å². The molecule has 0 radical (unpaired) electrons. The van der Waals surface area contributed by atoms with E-state index >= 15 is 0 Å². The lowest BCUT2D eigenvalue weighted by atomic mass is 10.1. The first kappa shape index (κ1) is 17.3. The Kier molecular flexibility index (Phi) is 10.3. The quantitative estimate of drug-likeness (QED) is 0.553. The van der Waals surface area contributed by atoms with Gasteiger partial charge < -0.3 is 14.6 Å². The molecule has 1 aromatic heterocycles. The highest BCUT2D eigenvalue weighted by Crippen LogP contribution is 2.09. The molecule has 1 N–H and O–H groups in total. The number of methoxy groups -OCH3 is 1. The number of nitrogens with one attached hydrogen (secondary N) is 1. The number of ether oxygens (including phenoxy) is 1. The van der Waals surface area contributed by atoms with E-state index in [-0.39, 0.29) is 0 Å². The van der Waals surface area contributed by atoms with Crippen LogP contribution < -0.4 is 5.32 Å². The first-order valence-electron chi connectivity index (χ1n) is 8.21. The van der Waals surface area contributed by atoms with Gasteiger partial charge in [0, 0.05) is 39.1 Å². The van der Waals surface area contributed by atoms with Gasteiger partial charge in [0.25, 0.3) is 0 Å². The summed E-state index contributed by atoms with van der Waals surface area (Å²) < 4.78 is 7.34. The van der Waals surface area contributed by atoms with Gasteiger partial charge in [0.2, 0.25) is 0 Å². The highest BCUT2D eigenvalue weighted by Gasteiger charge is 1.97. The Hall–Kier alpha value is -0.800. The van der Waals surface area contributed by atoms with Crippen LogP contribution in [0.15, 0.2) is 18.5 Å². The largest absolute Gasteiger partial charge is 0.383 e. The zero-order valence-electron chi connectivity index (χ0n) is 13.4. The molecule has 0 aliphatic carbocycles. The number of nitrogens with zero attached hydrogens (tertiary/aromatic N) is 1. The summed E-state index contributed by atoms with van der Waals surface area (Å²) in [5.74, 6) is 0. The van der Waals surface area contributed by atoms with Gasteiger partial charge in [-0.05, 0) is 18.1 Å². The van der Waals surface area contributed by atoms with Crippen LogP contribution in [0.3, 0.4) is 0 Å². The predicted molar refractivity (Wildman–Crippen MR) is 86.0 cm³/mol. The van der Waals surface area contributed by atoms with Crippen molar-refractivity contribution in [3.05, 3.63) is 24.0 Å². The molecule has 0 amide bonds. The summed E-state index contributed by atoms with van der Waals surface area (Å²) in [7, 11) is 1.74. The van der Waals surface area contributed by atoms with Gasteiger partial charge >= 0.3 is 0 Å². The number of aromatic nitrogens is 1. The molecule has 0 aliphatic rings. The fourth-order valence-electron chi connectivity index (χ4n) is 2.39. The van der Waals surface area contributed by atoms with Gasteiger partial charge in [0.15, 0.2) is 0 Å². The number of hydrogen-bond donors (Lipinski definition) is 1. The van der Waals surface area contributed by atoms with Crippen LogP contribution in [0, 0.1) is 0 Å². The normalized spacial score (nSPS) is 11.1. The first-order valence-corrected chi connectivity index (χ1v) is 8.21. The second-order valence-electron chi connectivity index (χ2n) is 5.55. The van der Waals surface area contributed by atoms with Crippen LogP contribution in [0.2, 0.25) is 0 Å². The van der Waals surface area contributed by atoms with Crippen LogP contribution in [-0.4, -0.2) is 24.8 Å². The van der Waals surface area contributed by atoms with E-state index in [4.69, 9.17) is 4.74 Å². The van der Waals surface area contributed by atoms with Crippen LogP contribution in [0.5, 0.6) is 0 Å². The van der Waals surface area contributed by atoms with Crippen molar-refractivity contribution in [1.82, 2.24) is 9.88 Å². The van der Waals surface area contributed by atoms with Crippen molar-refractivity contribution in [2.24, 2.45) is 0 Å². The van der Waals surface area contributed by atoms with Crippen molar-refractivity contribution < 1.29 is 4.74 Å². The minimum absolute atomic E-state index is 0.777. The average molecular weight is 280 g/mol. The van der Waals surface area contributed by atoms with Gasteiger partial charge in [-0.25, -0.2) is 0 Å². The van der Waals surface area contributed by atoms with Gasteiger partial charge in [-0.15, -0.1) is 0 Å². The Bertz CT molecular complexity index is 323. The van der Waals surface area contributed by atoms with Crippen molar-refractivity contribution in [1.29, 1.82) is 0 Å². The number of unbranched alkanes of at least 4 members (excludes halogenated alkanes) is 6. The molecule has 0 aromatic carbocycles. The molecule has 0 aliphatic heterocycles. The van der Waals surface area contributed by atoms with E-state index in [0.29, 0.717) is 0 Å². The summed E-state index contributed by atoms with van der Waals surface area (Å²) in [6.07, 6.45) is 14.1. The van der Waals surface area contributed by atoms with E-state index in [9.17, 15) is 0 Å². The highest BCUT2D eigenvalue weighted by molar-refractivity contribution is 5.09. The Balaban J connectivity index is 2.02. The molecule has 0 unspecified atom stereocenters. The third kappa shape index (κ3) is 8.39. The second-order valence-corrected chi connectivity index (χ2v) is 5.55. The molecule has 0 saturated heterocycles. The molecule has 1 heterocycles. The standard InChI is InChI=1S/C17H32N2O/c1-3-4-5-6-7-8-9-12-19-13-10-17(16-19)15-18-11-14-20-2/h10,13,16,18H,3-9,11-12,14-15H2,1-2H3. The first-order chi connectivity index (χ1) is 9.86. The molecule has 3 nitrogen and oxygen atoms in total. The summed E-state index contributed by atoms with van der Waals surface area (Å²) in [5.41, 5.74) is 1.36. The van der Waals surface area contributed by atoms with Crippen molar-refractivity contribution >= 4 is 0 Å². The van der Waals surface area contributed by atoms with Crippen LogP contribution in [0.25, 0.3) is 0 Å². The monoisotopic (exact) mass is 280 g/mol. The van der Waals surface area contributed by atoms with Crippen molar-refractivity contribution in [3.63, 3.8) is 0 Å². The molecule has 1 rings (SSSR count). The maximum Gasteiger partial charge on any atom is 0.0587 e. The molecule has 0 bridgehead atoms. The molecule has 1 aromatic rings. The van der Waals surface area contributed by atoms with Crippen LogP contribution in [-0.2, 0) is 17.8 Å². The third-order valence-electron chi connectivity index (χ3n) is 3.64. The van der Waals surface area contributed by atoms with E-state index in [1.54, 1.807) is 7.11 Å². The minimum Gasteiger partial charge on any atom is -0.383 e. The van der Waals surface area contributed by atoms with Crippen molar-refractivity contribution in [2.45, 2.75) is 65.0 Å². The van der Waals surface area contributed by atoms with Crippen LogP contribution in [0.1, 0.15) is 57.4 Å². The van der Waals surface area contributed by atoms with E-state index in [1.807, 2.05) is 0 Å². The fourth-order valence-corrected chi connectivity index (χ4v) is 2.39. The zero-order valence-corrected chi connectivity index (χ0v) is 13.4. The molecular weight excluding hydrogens is 248 g/mol. The molecule has 0 fully saturated rings. The molecular formula is C17H32N2O. The second kappa shape index (κ2) is 12.0. The van der Waals surface area contributed by atoms with Crippen molar-refractivity contribution in [3.8, 4) is 0 Å². The van der Waals surface area contributed by atoms with Crippen LogP contribution >= 0.6 is 0 Å². The Labute approximate surface area is 124 Å². The lowest BCUT2D eigenvalue weighted by Gasteiger charge is -2.04. The average Bonchev–Trinajstić information content (AvgIpc) is 2.90. The summed E-state index contributed by atoms with van der Waals surface area (Å²) >= 11 is 0. The molecule has 3 heteroatoms.